The number of hydrogen-bond acceptors (Lipinski definition) is 4. The van der Waals surface area contributed by atoms with Crippen LogP contribution < -0.4 is 20.3 Å². The molecule has 0 atom stereocenters. The van der Waals surface area contributed by atoms with Crippen LogP contribution >= 0.6 is 0 Å². The molecule has 0 radical (unpaired) electrons. The third-order valence-electron chi connectivity index (χ3n) is 3.51. The lowest BCUT2D eigenvalue weighted by atomic mass is 10.1. The zero-order valence-electron chi connectivity index (χ0n) is 14.1. The fourth-order valence-corrected chi connectivity index (χ4v) is 2.18. The summed E-state index contributed by atoms with van der Waals surface area (Å²) in [5.74, 6) is 2.21. The van der Waals surface area contributed by atoms with E-state index in [0.29, 0.717) is 19.1 Å². The van der Waals surface area contributed by atoms with E-state index >= 15 is 0 Å². The Morgan fingerprint density at radius 3 is 2.48 bits per heavy atom. The molecule has 0 fully saturated rings. The molecule has 0 unspecified atom stereocenters. The van der Waals surface area contributed by atoms with Crippen LogP contribution in [-0.2, 0) is 6.54 Å². The number of para-hydroxylation sites is 2. The first kappa shape index (κ1) is 17.2. The van der Waals surface area contributed by atoms with E-state index in [1.54, 1.807) is 7.11 Å². The highest BCUT2D eigenvalue weighted by Crippen LogP contribution is 2.31. The smallest absolute Gasteiger partial charge is 0.165 e. The largest absolute Gasteiger partial charge is 0.493 e. The van der Waals surface area contributed by atoms with Gasteiger partial charge in [-0.3, -0.25) is 0 Å². The van der Waals surface area contributed by atoms with Crippen molar-refractivity contribution in [3.63, 3.8) is 0 Å². The minimum Gasteiger partial charge on any atom is -0.493 e. The van der Waals surface area contributed by atoms with Gasteiger partial charge in [0, 0.05) is 17.8 Å². The molecule has 2 N–H and O–H groups in total. The van der Waals surface area contributed by atoms with Gasteiger partial charge in [-0.25, -0.2) is 5.43 Å². The number of anilines is 1. The van der Waals surface area contributed by atoms with Gasteiger partial charge in [0.25, 0.3) is 0 Å². The van der Waals surface area contributed by atoms with Gasteiger partial charge in [-0.05, 0) is 30.5 Å². The Hall–Kier alpha value is -2.20. The molecule has 0 aromatic heterocycles. The summed E-state index contributed by atoms with van der Waals surface area (Å²) in [6.07, 6.45) is 1.02. The predicted molar refractivity (Wildman–Crippen MR) is 94.8 cm³/mol. The standard InChI is InChI=1S/C19H26N2O2/c1-15(2)12-13-23-19-16(8-7-11-18(19)22-3)14-20-21-17-9-5-4-6-10-17/h4-11,15,20-21H,12-14H2,1-3H3. The molecular formula is C19H26N2O2. The van der Waals surface area contributed by atoms with Gasteiger partial charge in [0.15, 0.2) is 11.5 Å². The highest BCUT2D eigenvalue weighted by Gasteiger charge is 2.10. The molecule has 0 saturated heterocycles. The zero-order chi connectivity index (χ0) is 16.5. The van der Waals surface area contributed by atoms with Crippen LogP contribution in [0.1, 0.15) is 25.8 Å². The van der Waals surface area contributed by atoms with Crippen molar-refractivity contribution in [3.05, 3.63) is 54.1 Å². The van der Waals surface area contributed by atoms with E-state index in [1.165, 1.54) is 0 Å². The summed E-state index contributed by atoms with van der Waals surface area (Å²) in [6.45, 7) is 5.72. The Labute approximate surface area is 138 Å². The van der Waals surface area contributed by atoms with Gasteiger partial charge in [0.2, 0.25) is 0 Å². The number of methoxy groups -OCH3 is 1. The third kappa shape index (κ3) is 5.49. The van der Waals surface area contributed by atoms with Gasteiger partial charge in [0.05, 0.1) is 13.7 Å². The molecule has 2 aromatic carbocycles. The fourth-order valence-electron chi connectivity index (χ4n) is 2.18. The van der Waals surface area contributed by atoms with Gasteiger partial charge < -0.3 is 14.9 Å². The molecule has 23 heavy (non-hydrogen) atoms. The van der Waals surface area contributed by atoms with Gasteiger partial charge in [-0.2, -0.15) is 0 Å². The predicted octanol–water partition coefficient (Wildman–Crippen LogP) is 4.24. The average molecular weight is 314 g/mol. The summed E-state index contributed by atoms with van der Waals surface area (Å²) in [7, 11) is 1.67. The van der Waals surface area contributed by atoms with Gasteiger partial charge >= 0.3 is 0 Å². The van der Waals surface area contributed by atoms with Crippen LogP contribution in [0.15, 0.2) is 48.5 Å². The summed E-state index contributed by atoms with van der Waals surface area (Å²) in [4.78, 5) is 0. The number of hydrazine groups is 1. The maximum absolute atomic E-state index is 5.98. The molecule has 2 rings (SSSR count). The lowest BCUT2D eigenvalue weighted by Gasteiger charge is -2.16. The van der Waals surface area contributed by atoms with E-state index < -0.39 is 0 Å². The second kappa shape index (κ2) is 9.06. The maximum Gasteiger partial charge on any atom is 0.165 e. The van der Waals surface area contributed by atoms with E-state index in [9.17, 15) is 0 Å². The van der Waals surface area contributed by atoms with Crippen LogP contribution in [0.2, 0.25) is 0 Å². The number of nitrogens with one attached hydrogen (secondary N) is 2. The van der Waals surface area contributed by atoms with Crippen LogP contribution in [-0.4, -0.2) is 13.7 Å². The van der Waals surface area contributed by atoms with Crippen LogP contribution in [0.4, 0.5) is 5.69 Å². The van der Waals surface area contributed by atoms with Crippen LogP contribution in [0.5, 0.6) is 11.5 Å². The molecule has 0 saturated carbocycles. The lowest BCUT2D eigenvalue weighted by molar-refractivity contribution is 0.270. The van der Waals surface area contributed by atoms with E-state index in [-0.39, 0.29) is 0 Å². The second-order valence-corrected chi connectivity index (χ2v) is 5.82. The van der Waals surface area contributed by atoms with Crippen molar-refractivity contribution in [1.29, 1.82) is 0 Å². The Morgan fingerprint density at radius 1 is 1.00 bits per heavy atom. The summed E-state index contributed by atoms with van der Waals surface area (Å²) in [5.41, 5.74) is 8.50. The molecular weight excluding hydrogens is 288 g/mol. The Bertz CT molecular complexity index is 585. The molecule has 0 aliphatic rings. The molecule has 0 amide bonds. The molecule has 0 spiro atoms. The highest BCUT2D eigenvalue weighted by atomic mass is 16.5. The SMILES string of the molecule is COc1cccc(CNNc2ccccc2)c1OCCC(C)C. The fraction of sp³-hybridized carbons (Fsp3) is 0.368. The van der Waals surface area contributed by atoms with Crippen molar-refractivity contribution in [2.24, 2.45) is 5.92 Å². The molecule has 0 aliphatic heterocycles. The first-order valence-corrected chi connectivity index (χ1v) is 8.03. The van der Waals surface area contributed by atoms with E-state index in [4.69, 9.17) is 9.47 Å². The molecule has 2 aromatic rings. The third-order valence-corrected chi connectivity index (χ3v) is 3.51. The molecule has 0 aliphatic carbocycles. The van der Waals surface area contributed by atoms with Crippen molar-refractivity contribution in [3.8, 4) is 11.5 Å². The minimum absolute atomic E-state index is 0.617. The van der Waals surface area contributed by atoms with Crippen LogP contribution in [0, 0.1) is 5.92 Å². The number of benzene rings is 2. The monoisotopic (exact) mass is 314 g/mol. The summed E-state index contributed by atoms with van der Waals surface area (Å²) < 4.78 is 11.4. The average Bonchev–Trinajstić information content (AvgIpc) is 2.56. The van der Waals surface area contributed by atoms with Crippen molar-refractivity contribution in [1.82, 2.24) is 5.43 Å². The highest BCUT2D eigenvalue weighted by molar-refractivity contribution is 5.47. The summed E-state index contributed by atoms with van der Waals surface area (Å²) in [5, 5.41) is 0. The molecule has 4 nitrogen and oxygen atoms in total. The number of ether oxygens (including phenoxy) is 2. The second-order valence-electron chi connectivity index (χ2n) is 5.82. The zero-order valence-corrected chi connectivity index (χ0v) is 14.1. The summed E-state index contributed by atoms with van der Waals surface area (Å²) >= 11 is 0. The first-order chi connectivity index (χ1) is 11.2. The minimum atomic E-state index is 0.617. The number of rotatable bonds is 9. The van der Waals surface area contributed by atoms with E-state index in [1.807, 2.05) is 48.5 Å². The Morgan fingerprint density at radius 2 is 1.78 bits per heavy atom. The molecule has 0 heterocycles. The van der Waals surface area contributed by atoms with Crippen molar-refractivity contribution in [2.45, 2.75) is 26.8 Å². The molecule has 4 heteroatoms. The van der Waals surface area contributed by atoms with Crippen LogP contribution in [0.3, 0.4) is 0 Å². The van der Waals surface area contributed by atoms with Gasteiger partial charge in [-0.15, -0.1) is 0 Å². The quantitative estimate of drug-likeness (QED) is 0.680. The van der Waals surface area contributed by atoms with Crippen LogP contribution in [0.25, 0.3) is 0 Å². The topological polar surface area (TPSA) is 42.5 Å². The lowest BCUT2D eigenvalue weighted by Crippen LogP contribution is -2.21. The van der Waals surface area contributed by atoms with E-state index in [0.717, 1.165) is 29.2 Å². The first-order valence-electron chi connectivity index (χ1n) is 8.03. The van der Waals surface area contributed by atoms with Gasteiger partial charge in [-0.1, -0.05) is 44.2 Å². The van der Waals surface area contributed by atoms with Crippen molar-refractivity contribution >= 4 is 5.69 Å². The van der Waals surface area contributed by atoms with Crippen molar-refractivity contribution < 1.29 is 9.47 Å². The summed E-state index contributed by atoms with van der Waals surface area (Å²) in [6, 6.07) is 16.0. The Balaban J connectivity index is 1.99. The Kier molecular flexibility index (Phi) is 6.76. The normalized spacial score (nSPS) is 10.6. The van der Waals surface area contributed by atoms with Crippen molar-refractivity contribution in [2.75, 3.05) is 19.1 Å². The maximum atomic E-state index is 5.98. The molecule has 0 bridgehead atoms. The molecule has 124 valence electrons. The van der Waals surface area contributed by atoms with Gasteiger partial charge in [0.1, 0.15) is 0 Å². The number of hydrogen-bond donors (Lipinski definition) is 2. The van der Waals surface area contributed by atoms with E-state index in [2.05, 4.69) is 24.7 Å².